The van der Waals surface area contributed by atoms with Gasteiger partial charge in [-0.15, -0.1) is 0 Å². The van der Waals surface area contributed by atoms with Gasteiger partial charge in [0.1, 0.15) is 0 Å². The molecule has 0 aromatic rings. The molecule has 17 heavy (non-hydrogen) atoms. The summed E-state index contributed by atoms with van der Waals surface area (Å²) in [7, 11) is 0. The number of aliphatic imine (C=N–C) groups is 1. The van der Waals surface area contributed by atoms with Crippen molar-refractivity contribution in [2.24, 2.45) is 22.2 Å². The van der Waals surface area contributed by atoms with Crippen LogP contribution in [0.15, 0.2) is 4.99 Å². The van der Waals surface area contributed by atoms with E-state index >= 15 is 0 Å². The minimum atomic E-state index is 0.427. The molecule has 2 aliphatic rings. The highest BCUT2D eigenvalue weighted by molar-refractivity contribution is 5.79. The van der Waals surface area contributed by atoms with Gasteiger partial charge in [-0.05, 0) is 37.0 Å². The average Bonchev–Trinajstić information content (AvgIpc) is 3.09. The van der Waals surface area contributed by atoms with Crippen molar-refractivity contribution >= 4 is 5.96 Å². The van der Waals surface area contributed by atoms with E-state index in [0.29, 0.717) is 11.5 Å². The van der Waals surface area contributed by atoms with E-state index in [4.69, 9.17) is 5.84 Å². The number of hydrazine groups is 1. The molecule has 1 heterocycles. The molecular weight excluding hydrogens is 212 g/mol. The van der Waals surface area contributed by atoms with Crippen molar-refractivity contribution in [3.63, 3.8) is 0 Å². The summed E-state index contributed by atoms with van der Waals surface area (Å²) in [5.74, 6) is 7.30. The minimum Gasteiger partial charge on any atom is -0.342 e. The Kier molecular flexibility index (Phi) is 3.61. The fourth-order valence-corrected chi connectivity index (χ4v) is 2.54. The molecule has 0 bridgehead atoms. The molecule has 4 nitrogen and oxygen atoms in total. The fourth-order valence-electron chi connectivity index (χ4n) is 2.54. The second kappa shape index (κ2) is 4.84. The van der Waals surface area contributed by atoms with Crippen molar-refractivity contribution in [2.75, 3.05) is 13.1 Å². The Bertz CT molecular complexity index is 280. The van der Waals surface area contributed by atoms with Crippen LogP contribution in [0.3, 0.4) is 0 Å². The van der Waals surface area contributed by atoms with Crippen molar-refractivity contribution < 1.29 is 0 Å². The zero-order valence-corrected chi connectivity index (χ0v) is 11.4. The number of rotatable bonds is 1. The summed E-state index contributed by atoms with van der Waals surface area (Å²) in [5.41, 5.74) is 3.20. The second-order valence-corrected chi connectivity index (χ2v) is 6.46. The summed E-state index contributed by atoms with van der Waals surface area (Å²) in [4.78, 5) is 6.93. The maximum atomic E-state index is 5.58. The molecule has 0 atom stereocenters. The predicted octanol–water partition coefficient (Wildman–Crippen LogP) is 1.73. The van der Waals surface area contributed by atoms with Gasteiger partial charge in [0.2, 0.25) is 5.96 Å². The maximum Gasteiger partial charge on any atom is 0.208 e. The first-order valence-electron chi connectivity index (χ1n) is 6.80. The van der Waals surface area contributed by atoms with Gasteiger partial charge >= 0.3 is 0 Å². The van der Waals surface area contributed by atoms with Crippen LogP contribution in [0.2, 0.25) is 0 Å². The smallest absolute Gasteiger partial charge is 0.208 e. The first kappa shape index (κ1) is 12.7. The first-order valence-corrected chi connectivity index (χ1v) is 6.80. The van der Waals surface area contributed by atoms with E-state index in [1.54, 1.807) is 0 Å². The van der Waals surface area contributed by atoms with E-state index < -0.39 is 0 Å². The predicted molar refractivity (Wildman–Crippen MR) is 71.5 cm³/mol. The standard InChI is InChI=1S/C13H26N4/c1-13(2,3)10-6-8-17(9-7-10)12(16-14)15-11-4-5-11/h10-11H,4-9,14H2,1-3H3,(H,15,16). The minimum absolute atomic E-state index is 0.427. The number of likely N-dealkylation sites (tertiary alicyclic amines) is 1. The van der Waals surface area contributed by atoms with E-state index in [-0.39, 0.29) is 0 Å². The van der Waals surface area contributed by atoms with Crippen molar-refractivity contribution in [1.29, 1.82) is 0 Å². The molecule has 1 aliphatic carbocycles. The van der Waals surface area contributed by atoms with Gasteiger partial charge in [0.25, 0.3) is 0 Å². The van der Waals surface area contributed by atoms with Gasteiger partial charge in [0.15, 0.2) is 0 Å². The summed E-state index contributed by atoms with van der Waals surface area (Å²) in [6.45, 7) is 9.19. The lowest BCUT2D eigenvalue weighted by atomic mass is 9.75. The summed E-state index contributed by atoms with van der Waals surface area (Å²) in [6.07, 6.45) is 4.94. The molecule has 0 aromatic carbocycles. The second-order valence-electron chi connectivity index (χ2n) is 6.46. The molecule has 98 valence electrons. The normalized spacial score (nSPS) is 24.0. The average molecular weight is 238 g/mol. The molecule has 0 unspecified atom stereocenters. The van der Waals surface area contributed by atoms with Crippen LogP contribution in [0.1, 0.15) is 46.5 Å². The van der Waals surface area contributed by atoms with Gasteiger partial charge in [-0.1, -0.05) is 20.8 Å². The Morgan fingerprint density at radius 1 is 1.18 bits per heavy atom. The molecule has 0 aromatic heterocycles. The maximum absolute atomic E-state index is 5.58. The number of nitrogens with one attached hydrogen (secondary N) is 1. The van der Waals surface area contributed by atoms with Gasteiger partial charge in [0, 0.05) is 13.1 Å². The number of hydrogen-bond acceptors (Lipinski definition) is 2. The van der Waals surface area contributed by atoms with E-state index in [1.807, 2.05) is 0 Å². The molecule has 2 fully saturated rings. The van der Waals surface area contributed by atoms with Crippen LogP contribution in [0, 0.1) is 11.3 Å². The summed E-state index contributed by atoms with van der Waals surface area (Å²) < 4.78 is 0. The SMILES string of the molecule is CC(C)(C)C1CCN(C(=NC2CC2)NN)CC1. The molecule has 0 amide bonds. The highest BCUT2D eigenvalue weighted by Crippen LogP contribution is 2.34. The van der Waals surface area contributed by atoms with Gasteiger partial charge in [-0.2, -0.15) is 0 Å². The number of piperidine rings is 1. The zero-order chi connectivity index (χ0) is 12.5. The molecule has 3 N–H and O–H groups in total. The van der Waals surface area contributed by atoms with Crippen LogP contribution in [0.4, 0.5) is 0 Å². The highest BCUT2D eigenvalue weighted by Gasteiger charge is 2.30. The van der Waals surface area contributed by atoms with Crippen molar-refractivity contribution in [3.8, 4) is 0 Å². The number of nitrogens with zero attached hydrogens (tertiary/aromatic N) is 2. The quantitative estimate of drug-likeness (QED) is 0.316. The molecule has 0 spiro atoms. The number of hydrogen-bond donors (Lipinski definition) is 2. The van der Waals surface area contributed by atoms with Gasteiger partial charge in [-0.25, -0.2) is 10.8 Å². The third kappa shape index (κ3) is 3.35. The lowest BCUT2D eigenvalue weighted by Gasteiger charge is -2.39. The summed E-state index contributed by atoms with van der Waals surface area (Å²) >= 11 is 0. The fraction of sp³-hybridized carbons (Fsp3) is 0.923. The van der Waals surface area contributed by atoms with E-state index in [0.717, 1.165) is 25.0 Å². The number of nitrogens with two attached hydrogens (primary N) is 1. The highest BCUT2D eigenvalue weighted by atomic mass is 15.4. The Labute approximate surface area is 105 Å². The van der Waals surface area contributed by atoms with Crippen molar-refractivity contribution in [3.05, 3.63) is 0 Å². The lowest BCUT2D eigenvalue weighted by molar-refractivity contribution is 0.147. The summed E-state index contributed by atoms with van der Waals surface area (Å²) in [5, 5.41) is 0. The Morgan fingerprint density at radius 3 is 2.18 bits per heavy atom. The van der Waals surface area contributed by atoms with E-state index in [2.05, 4.69) is 36.1 Å². The molecule has 1 saturated heterocycles. The van der Waals surface area contributed by atoms with Crippen molar-refractivity contribution in [2.45, 2.75) is 52.5 Å². The third-order valence-electron chi connectivity index (χ3n) is 4.00. The van der Waals surface area contributed by atoms with Crippen LogP contribution in [-0.2, 0) is 0 Å². The topological polar surface area (TPSA) is 53.6 Å². The Balaban J connectivity index is 1.89. The number of guanidine groups is 1. The molecule has 1 aliphatic heterocycles. The van der Waals surface area contributed by atoms with Crippen LogP contribution >= 0.6 is 0 Å². The molecule has 0 radical (unpaired) electrons. The lowest BCUT2D eigenvalue weighted by Crippen LogP contribution is -2.49. The van der Waals surface area contributed by atoms with Crippen molar-refractivity contribution in [1.82, 2.24) is 10.3 Å². The molecule has 4 heteroatoms. The molecule has 2 rings (SSSR count). The van der Waals surface area contributed by atoms with Crippen LogP contribution in [-0.4, -0.2) is 30.0 Å². The van der Waals surface area contributed by atoms with E-state index in [1.165, 1.54) is 25.7 Å². The Morgan fingerprint density at radius 2 is 1.76 bits per heavy atom. The largest absolute Gasteiger partial charge is 0.342 e. The van der Waals surface area contributed by atoms with Gasteiger partial charge in [-0.3, -0.25) is 5.43 Å². The van der Waals surface area contributed by atoms with Gasteiger partial charge in [0.05, 0.1) is 6.04 Å². The molecular formula is C13H26N4. The summed E-state index contributed by atoms with van der Waals surface area (Å²) in [6, 6.07) is 0.529. The van der Waals surface area contributed by atoms with Crippen LogP contribution in [0.25, 0.3) is 0 Å². The monoisotopic (exact) mass is 238 g/mol. The molecule has 1 saturated carbocycles. The Hall–Kier alpha value is -0.770. The van der Waals surface area contributed by atoms with Gasteiger partial charge < -0.3 is 4.90 Å². The zero-order valence-electron chi connectivity index (χ0n) is 11.4. The van der Waals surface area contributed by atoms with Crippen LogP contribution < -0.4 is 11.3 Å². The van der Waals surface area contributed by atoms with Crippen LogP contribution in [0.5, 0.6) is 0 Å². The third-order valence-corrected chi connectivity index (χ3v) is 4.00. The van der Waals surface area contributed by atoms with E-state index in [9.17, 15) is 0 Å². The first-order chi connectivity index (χ1) is 8.00.